The van der Waals surface area contributed by atoms with Crippen LogP contribution in [0.3, 0.4) is 0 Å². The van der Waals surface area contributed by atoms with Gasteiger partial charge in [-0.1, -0.05) is 26.2 Å². The number of rotatable bonds is 10. The van der Waals surface area contributed by atoms with Crippen LogP contribution in [0, 0.1) is 0 Å². The summed E-state index contributed by atoms with van der Waals surface area (Å²) in [5.74, 6) is 0.166. The Bertz CT molecular complexity index is 848. The van der Waals surface area contributed by atoms with Crippen molar-refractivity contribution in [1.82, 2.24) is 5.43 Å². The standard InChI is InChI=1S/C22H27N3O4/c1-3-4-5-6-7-21(27)24-18-10-8-16(9-11-18)22(28)25-23-15-17-14-19(29-2)12-13-20(17)26/h8-15,26H,3-7H2,1-2H3,(H,24,27)(H,25,28)/b23-15+. The van der Waals surface area contributed by atoms with Crippen LogP contribution >= 0.6 is 0 Å². The summed E-state index contributed by atoms with van der Waals surface area (Å²) in [4.78, 5) is 24.1. The molecule has 2 rings (SSSR count). The van der Waals surface area contributed by atoms with Crippen LogP contribution in [-0.2, 0) is 4.79 Å². The van der Waals surface area contributed by atoms with Gasteiger partial charge in [0.15, 0.2) is 0 Å². The van der Waals surface area contributed by atoms with Crippen LogP contribution in [0.1, 0.15) is 54.9 Å². The van der Waals surface area contributed by atoms with Crippen molar-refractivity contribution in [2.75, 3.05) is 12.4 Å². The Morgan fingerprint density at radius 1 is 1.10 bits per heavy atom. The predicted molar refractivity (Wildman–Crippen MR) is 114 cm³/mol. The zero-order valence-corrected chi connectivity index (χ0v) is 16.8. The fourth-order valence-corrected chi connectivity index (χ4v) is 2.63. The summed E-state index contributed by atoms with van der Waals surface area (Å²) in [5.41, 5.74) is 3.87. The van der Waals surface area contributed by atoms with Crippen molar-refractivity contribution in [3.63, 3.8) is 0 Å². The van der Waals surface area contributed by atoms with E-state index in [1.165, 1.54) is 19.4 Å². The lowest BCUT2D eigenvalue weighted by molar-refractivity contribution is -0.116. The van der Waals surface area contributed by atoms with Gasteiger partial charge >= 0.3 is 0 Å². The zero-order valence-electron chi connectivity index (χ0n) is 16.8. The van der Waals surface area contributed by atoms with Crippen LogP contribution in [0.2, 0.25) is 0 Å². The summed E-state index contributed by atoms with van der Waals surface area (Å²) < 4.78 is 5.09. The molecule has 0 radical (unpaired) electrons. The normalized spacial score (nSPS) is 10.7. The number of hydrazone groups is 1. The van der Waals surface area contributed by atoms with Crippen LogP contribution in [0.4, 0.5) is 5.69 Å². The van der Waals surface area contributed by atoms with Crippen molar-refractivity contribution in [3.05, 3.63) is 53.6 Å². The minimum atomic E-state index is -0.402. The average molecular weight is 397 g/mol. The van der Waals surface area contributed by atoms with Gasteiger partial charge in [0.05, 0.1) is 13.3 Å². The third kappa shape index (κ3) is 7.29. The maximum absolute atomic E-state index is 12.2. The number of phenols is 1. The molecule has 0 aliphatic rings. The van der Waals surface area contributed by atoms with Gasteiger partial charge in [0.25, 0.3) is 5.91 Å². The number of phenolic OH excluding ortho intramolecular Hbond substituents is 1. The molecule has 29 heavy (non-hydrogen) atoms. The number of anilines is 1. The summed E-state index contributed by atoms with van der Waals surface area (Å²) in [6.07, 6.45) is 6.03. The van der Waals surface area contributed by atoms with Crippen molar-refractivity contribution >= 4 is 23.7 Å². The van der Waals surface area contributed by atoms with Crippen LogP contribution in [0.5, 0.6) is 11.5 Å². The van der Waals surface area contributed by atoms with Gasteiger partial charge in [-0.2, -0.15) is 5.10 Å². The van der Waals surface area contributed by atoms with Gasteiger partial charge in [0.2, 0.25) is 5.91 Å². The summed E-state index contributed by atoms with van der Waals surface area (Å²) in [6.45, 7) is 2.13. The molecule has 7 nitrogen and oxygen atoms in total. The van der Waals surface area contributed by atoms with E-state index in [1.807, 2.05) is 0 Å². The molecule has 2 amide bonds. The Morgan fingerprint density at radius 2 is 1.86 bits per heavy atom. The maximum atomic E-state index is 12.2. The molecule has 2 aromatic rings. The van der Waals surface area contributed by atoms with Crippen LogP contribution in [0.25, 0.3) is 0 Å². The highest BCUT2D eigenvalue weighted by Crippen LogP contribution is 2.21. The SMILES string of the molecule is CCCCCCC(=O)Nc1ccc(C(=O)N/N=C/c2cc(OC)ccc2O)cc1. The van der Waals surface area contributed by atoms with Crippen molar-refractivity contribution in [1.29, 1.82) is 0 Å². The average Bonchev–Trinajstić information content (AvgIpc) is 2.73. The minimum Gasteiger partial charge on any atom is -0.507 e. The first-order chi connectivity index (χ1) is 14.0. The van der Waals surface area contributed by atoms with Gasteiger partial charge < -0.3 is 15.2 Å². The number of amides is 2. The van der Waals surface area contributed by atoms with Crippen molar-refractivity contribution in [2.45, 2.75) is 39.0 Å². The highest BCUT2D eigenvalue weighted by atomic mass is 16.5. The maximum Gasteiger partial charge on any atom is 0.271 e. The molecule has 0 spiro atoms. The quantitative estimate of drug-likeness (QED) is 0.320. The molecule has 0 unspecified atom stereocenters. The fraction of sp³-hybridized carbons (Fsp3) is 0.318. The number of nitrogens with one attached hydrogen (secondary N) is 2. The lowest BCUT2D eigenvalue weighted by Crippen LogP contribution is -2.17. The molecule has 0 aliphatic heterocycles. The molecule has 0 saturated carbocycles. The molecule has 7 heteroatoms. The molecular weight excluding hydrogens is 370 g/mol. The van der Waals surface area contributed by atoms with Gasteiger partial charge in [-0.25, -0.2) is 5.43 Å². The number of methoxy groups -OCH3 is 1. The first-order valence-electron chi connectivity index (χ1n) is 9.63. The number of carbonyl (C=O) groups excluding carboxylic acids is 2. The van der Waals surface area contributed by atoms with E-state index in [2.05, 4.69) is 22.8 Å². The molecule has 0 fully saturated rings. The predicted octanol–water partition coefficient (Wildman–Crippen LogP) is 4.07. The Morgan fingerprint density at radius 3 is 2.55 bits per heavy atom. The van der Waals surface area contributed by atoms with Gasteiger partial charge in [0, 0.05) is 23.2 Å². The highest BCUT2D eigenvalue weighted by molar-refractivity contribution is 5.96. The van der Waals surface area contributed by atoms with Crippen LogP contribution in [-0.4, -0.2) is 30.2 Å². The lowest BCUT2D eigenvalue weighted by atomic mass is 10.1. The molecule has 0 aromatic heterocycles. The monoisotopic (exact) mass is 397 g/mol. The third-order valence-corrected chi connectivity index (χ3v) is 4.29. The molecule has 2 aromatic carbocycles. The van der Waals surface area contributed by atoms with E-state index in [0.717, 1.165) is 25.7 Å². The van der Waals surface area contributed by atoms with E-state index in [9.17, 15) is 14.7 Å². The van der Waals surface area contributed by atoms with Crippen molar-refractivity contribution < 1.29 is 19.4 Å². The largest absolute Gasteiger partial charge is 0.507 e. The molecule has 154 valence electrons. The van der Waals surface area contributed by atoms with E-state index in [1.54, 1.807) is 36.4 Å². The lowest BCUT2D eigenvalue weighted by Gasteiger charge is -2.06. The topological polar surface area (TPSA) is 100 Å². The molecule has 0 heterocycles. The van der Waals surface area contributed by atoms with Gasteiger partial charge in [-0.15, -0.1) is 0 Å². The summed E-state index contributed by atoms with van der Waals surface area (Å²) in [7, 11) is 1.52. The Kier molecular flexibility index (Phi) is 8.69. The Hall–Kier alpha value is -3.35. The number of nitrogens with zero attached hydrogens (tertiary/aromatic N) is 1. The molecule has 3 N–H and O–H groups in total. The summed E-state index contributed by atoms with van der Waals surface area (Å²) in [6, 6.07) is 11.3. The molecule has 0 aliphatic carbocycles. The fourth-order valence-electron chi connectivity index (χ4n) is 2.63. The second-order valence-corrected chi connectivity index (χ2v) is 6.56. The molecule has 0 saturated heterocycles. The van der Waals surface area contributed by atoms with Gasteiger partial charge in [-0.3, -0.25) is 9.59 Å². The molecular formula is C22H27N3O4. The summed E-state index contributed by atoms with van der Waals surface area (Å²) >= 11 is 0. The van der Waals surface area contributed by atoms with E-state index in [0.29, 0.717) is 29.0 Å². The zero-order chi connectivity index (χ0) is 21.1. The third-order valence-electron chi connectivity index (χ3n) is 4.29. The number of unbranched alkanes of at least 4 members (excludes halogenated alkanes) is 3. The number of ether oxygens (including phenoxy) is 1. The van der Waals surface area contributed by atoms with Crippen LogP contribution in [0.15, 0.2) is 47.6 Å². The highest BCUT2D eigenvalue weighted by Gasteiger charge is 2.07. The van der Waals surface area contributed by atoms with E-state index < -0.39 is 5.91 Å². The minimum absolute atomic E-state index is 0.0265. The summed E-state index contributed by atoms with van der Waals surface area (Å²) in [5, 5.41) is 16.5. The number of hydrogen-bond acceptors (Lipinski definition) is 5. The number of hydrogen-bond donors (Lipinski definition) is 3. The first kappa shape index (κ1) is 21.9. The Labute approximate surface area is 170 Å². The van der Waals surface area contributed by atoms with Crippen LogP contribution < -0.4 is 15.5 Å². The Balaban J connectivity index is 1.86. The van der Waals surface area contributed by atoms with Crippen molar-refractivity contribution in [2.24, 2.45) is 5.10 Å². The first-order valence-corrected chi connectivity index (χ1v) is 9.63. The van der Waals surface area contributed by atoms with E-state index in [4.69, 9.17) is 4.74 Å². The molecule has 0 bridgehead atoms. The van der Waals surface area contributed by atoms with E-state index >= 15 is 0 Å². The van der Waals surface area contributed by atoms with Gasteiger partial charge in [-0.05, 0) is 48.9 Å². The number of benzene rings is 2. The smallest absolute Gasteiger partial charge is 0.271 e. The molecule has 0 atom stereocenters. The second-order valence-electron chi connectivity index (χ2n) is 6.56. The van der Waals surface area contributed by atoms with Gasteiger partial charge in [0.1, 0.15) is 11.5 Å². The van der Waals surface area contributed by atoms with Crippen molar-refractivity contribution in [3.8, 4) is 11.5 Å². The van der Waals surface area contributed by atoms with E-state index in [-0.39, 0.29) is 11.7 Å². The number of carbonyl (C=O) groups is 2. The number of aromatic hydroxyl groups is 1. The second kappa shape index (κ2) is 11.5.